The minimum atomic E-state index is 0.0344. The molecular weight excluding hydrogens is 164 g/mol. The molecule has 3 nitrogen and oxygen atoms in total. The molecule has 1 aliphatic carbocycles. The average Bonchev–Trinajstić information content (AvgIpc) is 2.88. The van der Waals surface area contributed by atoms with Gasteiger partial charge in [-0.25, -0.2) is 0 Å². The Bertz CT molecular complexity index is 297. The van der Waals surface area contributed by atoms with Gasteiger partial charge < -0.3 is 10.8 Å². The topological polar surface area (TPSA) is 59.1 Å². The van der Waals surface area contributed by atoms with E-state index in [1.165, 1.54) is 19.0 Å². The van der Waals surface area contributed by atoms with Gasteiger partial charge in [0.15, 0.2) is 0 Å². The number of hydrogen-bond acceptors (Lipinski definition) is 3. The van der Waals surface area contributed by atoms with Crippen molar-refractivity contribution >= 4 is 0 Å². The third-order valence-corrected chi connectivity index (χ3v) is 2.46. The predicted octanol–water partition coefficient (Wildman–Crippen LogP) is 1.59. The summed E-state index contributed by atoms with van der Waals surface area (Å²) in [5.74, 6) is 1.00. The molecule has 0 spiro atoms. The SMILES string of the molecule is NC(CC1CC1)c1cncc(O)c1. The lowest BCUT2D eigenvalue weighted by atomic mass is 10.0. The van der Waals surface area contributed by atoms with Gasteiger partial charge in [-0.05, 0) is 24.0 Å². The fourth-order valence-electron chi connectivity index (χ4n) is 1.50. The molecule has 1 saturated carbocycles. The van der Waals surface area contributed by atoms with Crippen LogP contribution >= 0.6 is 0 Å². The first-order valence-corrected chi connectivity index (χ1v) is 4.65. The maximum Gasteiger partial charge on any atom is 0.134 e. The zero-order valence-corrected chi connectivity index (χ0v) is 7.48. The summed E-state index contributed by atoms with van der Waals surface area (Å²) >= 11 is 0. The quantitative estimate of drug-likeness (QED) is 0.738. The summed E-state index contributed by atoms with van der Waals surface area (Å²) in [4.78, 5) is 3.90. The molecule has 13 heavy (non-hydrogen) atoms. The van der Waals surface area contributed by atoms with Crippen molar-refractivity contribution in [2.45, 2.75) is 25.3 Å². The van der Waals surface area contributed by atoms with Gasteiger partial charge in [0.1, 0.15) is 5.75 Å². The van der Waals surface area contributed by atoms with Crippen LogP contribution < -0.4 is 5.73 Å². The second-order valence-electron chi connectivity index (χ2n) is 3.76. The highest BCUT2D eigenvalue weighted by Crippen LogP contribution is 2.36. The fraction of sp³-hybridized carbons (Fsp3) is 0.500. The van der Waals surface area contributed by atoms with Crippen molar-refractivity contribution in [2.24, 2.45) is 11.7 Å². The summed E-state index contributed by atoms with van der Waals surface area (Å²) in [6.07, 6.45) is 6.78. The average molecular weight is 178 g/mol. The smallest absolute Gasteiger partial charge is 0.134 e. The second kappa shape index (κ2) is 3.34. The van der Waals surface area contributed by atoms with Gasteiger partial charge in [-0.1, -0.05) is 12.8 Å². The molecule has 3 N–H and O–H groups in total. The van der Waals surface area contributed by atoms with Crippen LogP contribution in [0, 0.1) is 5.92 Å². The molecule has 0 aliphatic heterocycles. The minimum absolute atomic E-state index is 0.0344. The van der Waals surface area contributed by atoms with Crippen molar-refractivity contribution < 1.29 is 5.11 Å². The van der Waals surface area contributed by atoms with Gasteiger partial charge in [0, 0.05) is 12.2 Å². The molecule has 2 rings (SSSR count). The predicted molar refractivity (Wildman–Crippen MR) is 50.2 cm³/mol. The van der Waals surface area contributed by atoms with E-state index in [0.29, 0.717) is 0 Å². The van der Waals surface area contributed by atoms with Gasteiger partial charge in [0.25, 0.3) is 0 Å². The van der Waals surface area contributed by atoms with E-state index >= 15 is 0 Å². The number of pyridine rings is 1. The van der Waals surface area contributed by atoms with E-state index in [-0.39, 0.29) is 11.8 Å². The molecular formula is C10H14N2O. The van der Waals surface area contributed by atoms with Gasteiger partial charge in [-0.3, -0.25) is 4.98 Å². The normalized spacial score (nSPS) is 18.5. The summed E-state index contributed by atoms with van der Waals surface area (Å²) in [7, 11) is 0. The number of aromatic hydroxyl groups is 1. The zero-order valence-electron chi connectivity index (χ0n) is 7.48. The molecule has 1 unspecified atom stereocenters. The van der Waals surface area contributed by atoms with Gasteiger partial charge in [0.05, 0.1) is 6.20 Å². The molecule has 1 aliphatic rings. The standard InChI is InChI=1S/C10H14N2O/c11-10(3-7-1-2-7)8-4-9(13)6-12-5-8/h4-7,10,13H,1-3,11H2. The van der Waals surface area contributed by atoms with Crippen LogP contribution in [0.4, 0.5) is 0 Å². The van der Waals surface area contributed by atoms with E-state index in [2.05, 4.69) is 4.98 Å². The fourth-order valence-corrected chi connectivity index (χ4v) is 1.50. The van der Waals surface area contributed by atoms with Gasteiger partial charge >= 0.3 is 0 Å². The first-order chi connectivity index (χ1) is 6.25. The number of rotatable bonds is 3. The summed E-state index contributed by atoms with van der Waals surface area (Å²) < 4.78 is 0. The molecule has 0 aromatic carbocycles. The Morgan fingerprint density at radius 3 is 2.92 bits per heavy atom. The summed E-state index contributed by atoms with van der Waals surface area (Å²) in [6.45, 7) is 0. The lowest BCUT2D eigenvalue weighted by Gasteiger charge is -2.10. The minimum Gasteiger partial charge on any atom is -0.506 e. The Kier molecular flexibility index (Phi) is 2.19. The van der Waals surface area contributed by atoms with Crippen LogP contribution in [0.15, 0.2) is 18.5 Å². The van der Waals surface area contributed by atoms with Crippen molar-refractivity contribution in [3.63, 3.8) is 0 Å². The van der Waals surface area contributed by atoms with Crippen molar-refractivity contribution in [3.8, 4) is 5.75 Å². The molecule has 1 aromatic rings. The number of nitrogens with two attached hydrogens (primary N) is 1. The van der Waals surface area contributed by atoms with E-state index in [9.17, 15) is 5.11 Å². The molecule has 0 amide bonds. The van der Waals surface area contributed by atoms with Crippen molar-refractivity contribution in [1.29, 1.82) is 0 Å². The highest BCUT2D eigenvalue weighted by atomic mass is 16.3. The first-order valence-electron chi connectivity index (χ1n) is 4.65. The van der Waals surface area contributed by atoms with Crippen LogP contribution in [0.2, 0.25) is 0 Å². The third kappa shape index (κ3) is 2.18. The summed E-state index contributed by atoms with van der Waals surface area (Å²) in [6, 6.07) is 1.73. The monoisotopic (exact) mass is 178 g/mol. The van der Waals surface area contributed by atoms with Crippen molar-refractivity contribution in [2.75, 3.05) is 0 Å². The maximum absolute atomic E-state index is 9.19. The van der Waals surface area contributed by atoms with E-state index in [4.69, 9.17) is 5.73 Å². The lowest BCUT2D eigenvalue weighted by molar-refractivity contribution is 0.469. The second-order valence-corrected chi connectivity index (χ2v) is 3.76. The number of aromatic nitrogens is 1. The molecule has 1 fully saturated rings. The summed E-state index contributed by atoms with van der Waals surface area (Å²) in [5, 5.41) is 9.19. The molecule has 1 heterocycles. The van der Waals surface area contributed by atoms with E-state index in [1.54, 1.807) is 12.3 Å². The third-order valence-electron chi connectivity index (χ3n) is 2.46. The maximum atomic E-state index is 9.19. The van der Waals surface area contributed by atoms with Crippen LogP contribution in [0.1, 0.15) is 30.9 Å². The van der Waals surface area contributed by atoms with Crippen molar-refractivity contribution in [3.05, 3.63) is 24.0 Å². The Hall–Kier alpha value is -1.09. The van der Waals surface area contributed by atoms with Crippen LogP contribution in [0.5, 0.6) is 5.75 Å². The van der Waals surface area contributed by atoms with Crippen LogP contribution in [-0.4, -0.2) is 10.1 Å². The van der Waals surface area contributed by atoms with Crippen molar-refractivity contribution in [1.82, 2.24) is 4.98 Å². The Morgan fingerprint density at radius 2 is 2.31 bits per heavy atom. The van der Waals surface area contributed by atoms with Gasteiger partial charge in [0.2, 0.25) is 0 Å². The van der Waals surface area contributed by atoms with Gasteiger partial charge in [-0.15, -0.1) is 0 Å². The van der Waals surface area contributed by atoms with E-state index in [0.717, 1.165) is 17.9 Å². The Balaban J connectivity index is 2.04. The first kappa shape index (κ1) is 8.51. The number of nitrogens with zero attached hydrogens (tertiary/aromatic N) is 1. The lowest BCUT2D eigenvalue weighted by Crippen LogP contribution is -2.11. The van der Waals surface area contributed by atoms with Crippen LogP contribution in [0.3, 0.4) is 0 Å². The van der Waals surface area contributed by atoms with Gasteiger partial charge in [-0.2, -0.15) is 0 Å². The molecule has 70 valence electrons. The number of hydrogen-bond donors (Lipinski definition) is 2. The largest absolute Gasteiger partial charge is 0.506 e. The van der Waals surface area contributed by atoms with E-state index < -0.39 is 0 Å². The molecule has 0 radical (unpaired) electrons. The van der Waals surface area contributed by atoms with Crippen LogP contribution in [-0.2, 0) is 0 Å². The molecule has 1 atom stereocenters. The Labute approximate surface area is 77.6 Å². The molecule has 0 bridgehead atoms. The highest BCUT2D eigenvalue weighted by Gasteiger charge is 2.24. The Morgan fingerprint density at radius 1 is 1.54 bits per heavy atom. The highest BCUT2D eigenvalue weighted by molar-refractivity contribution is 5.24. The zero-order chi connectivity index (χ0) is 9.26. The summed E-state index contributed by atoms with van der Waals surface area (Å²) in [5.41, 5.74) is 6.89. The van der Waals surface area contributed by atoms with Crippen LogP contribution in [0.25, 0.3) is 0 Å². The molecule has 0 saturated heterocycles. The molecule has 1 aromatic heterocycles. The van der Waals surface area contributed by atoms with E-state index in [1.807, 2.05) is 0 Å². The molecule has 3 heteroatoms.